The van der Waals surface area contributed by atoms with E-state index in [0.29, 0.717) is 0 Å². The van der Waals surface area contributed by atoms with Crippen LogP contribution in [0.5, 0.6) is 0 Å². The maximum atomic E-state index is 4.50. The SMILES string of the molecule is c1ccc2c(N3CCN(CC4CC4)CC3)n[nH]c2c1. The van der Waals surface area contributed by atoms with E-state index in [4.69, 9.17) is 0 Å². The van der Waals surface area contributed by atoms with Crippen molar-refractivity contribution in [2.75, 3.05) is 37.6 Å². The number of hydrogen-bond acceptors (Lipinski definition) is 3. The Morgan fingerprint density at radius 3 is 2.68 bits per heavy atom. The molecule has 1 N–H and O–H groups in total. The summed E-state index contributed by atoms with van der Waals surface area (Å²) in [5.41, 5.74) is 1.14. The first-order valence-corrected chi connectivity index (χ1v) is 7.30. The minimum absolute atomic E-state index is 0.998. The third kappa shape index (κ3) is 2.21. The Balaban J connectivity index is 1.48. The molecule has 19 heavy (non-hydrogen) atoms. The van der Waals surface area contributed by atoms with Crippen LogP contribution in [0.4, 0.5) is 5.82 Å². The van der Waals surface area contributed by atoms with Gasteiger partial charge in [0.15, 0.2) is 5.82 Å². The first-order valence-electron chi connectivity index (χ1n) is 7.30. The van der Waals surface area contributed by atoms with E-state index in [9.17, 15) is 0 Å². The largest absolute Gasteiger partial charge is 0.352 e. The standard InChI is InChI=1S/C15H20N4/c1-2-4-14-13(3-1)15(17-16-14)19-9-7-18(8-10-19)11-12-5-6-12/h1-4,12H,5-11H2,(H,16,17). The minimum atomic E-state index is 0.998. The van der Waals surface area contributed by atoms with Crippen LogP contribution >= 0.6 is 0 Å². The van der Waals surface area contributed by atoms with Gasteiger partial charge in [0.2, 0.25) is 0 Å². The van der Waals surface area contributed by atoms with E-state index in [-0.39, 0.29) is 0 Å². The second-order valence-electron chi connectivity index (χ2n) is 5.82. The van der Waals surface area contributed by atoms with Crippen LogP contribution in [0.2, 0.25) is 0 Å². The number of piperazine rings is 1. The quantitative estimate of drug-likeness (QED) is 0.913. The lowest BCUT2D eigenvalue weighted by Crippen LogP contribution is -2.47. The maximum Gasteiger partial charge on any atom is 0.158 e. The number of anilines is 1. The minimum Gasteiger partial charge on any atom is -0.352 e. The summed E-state index contributed by atoms with van der Waals surface area (Å²) < 4.78 is 0. The molecule has 2 aromatic rings. The van der Waals surface area contributed by atoms with Gasteiger partial charge in [-0.25, -0.2) is 0 Å². The molecule has 1 saturated heterocycles. The van der Waals surface area contributed by atoms with Gasteiger partial charge in [0.25, 0.3) is 0 Å². The van der Waals surface area contributed by atoms with E-state index in [2.05, 4.69) is 44.3 Å². The molecule has 100 valence electrons. The van der Waals surface area contributed by atoms with Gasteiger partial charge >= 0.3 is 0 Å². The highest BCUT2D eigenvalue weighted by molar-refractivity contribution is 5.90. The van der Waals surface area contributed by atoms with Crippen molar-refractivity contribution in [1.29, 1.82) is 0 Å². The van der Waals surface area contributed by atoms with Gasteiger partial charge in [0, 0.05) is 38.1 Å². The van der Waals surface area contributed by atoms with Crippen molar-refractivity contribution >= 4 is 16.7 Å². The van der Waals surface area contributed by atoms with E-state index < -0.39 is 0 Å². The van der Waals surface area contributed by atoms with Gasteiger partial charge in [-0.1, -0.05) is 12.1 Å². The molecule has 1 aromatic carbocycles. The molecular formula is C15H20N4. The number of nitrogens with zero attached hydrogens (tertiary/aromatic N) is 3. The molecule has 0 radical (unpaired) electrons. The maximum absolute atomic E-state index is 4.50. The van der Waals surface area contributed by atoms with Gasteiger partial charge in [0.05, 0.1) is 5.52 Å². The predicted molar refractivity (Wildman–Crippen MR) is 77.5 cm³/mol. The summed E-state index contributed by atoms with van der Waals surface area (Å²) in [6.45, 7) is 5.87. The number of benzene rings is 1. The molecule has 1 aliphatic heterocycles. The van der Waals surface area contributed by atoms with E-state index in [0.717, 1.165) is 30.3 Å². The van der Waals surface area contributed by atoms with Crippen molar-refractivity contribution in [3.8, 4) is 0 Å². The van der Waals surface area contributed by atoms with Crippen LogP contribution in [0.3, 0.4) is 0 Å². The number of para-hydroxylation sites is 1. The summed E-state index contributed by atoms with van der Waals surface area (Å²) in [5, 5.41) is 8.88. The van der Waals surface area contributed by atoms with Crippen molar-refractivity contribution in [1.82, 2.24) is 15.1 Å². The average Bonchev–Trinajstić information content (AvgIpc) is 3.16. The lowest BCUT2D eigenvalue weighted by molar-refractivity contribution is 0.248. The number of nitrogens with one attached hydrogen (secondary N) is 1. The lowest BCUT2D eigenvalue weighted by atomic mass is 10.2. The lowest BCUT2D eigenvalue weighted by Gasteiger charge is -2.35. The smallest absolute Gasteiger partial charge is 0.158 e. The van der Waals surface area contributed by atoms with Crippen LogP contribution in [-0.4, -0.2) is 47.8 Å². The van der Waals surface area contributed by atoms with Gasteiger partial charge < -0.3 is 4.90 Å². The average molecular weight is 256 g/mol. The summed E-state index contributed by atoms with van der Waals surface area (Å²) in [6, 6.07) is 8.39. The van der Waals surface area contributed by atoms with Gasteiger partial charge in [-0.15, -0.1) is 0 Å². The highest BCUT2D eigenvalue weighted by atomic mass is 15.3. The molecule has 4 heteroatoms. The third-order valence-electron chi connectivity index (χ3n) is 4.34. The van der Waals surface area contributed by atoms with E-state index >= 15 is 0 Å². The summed E-state index contributed by atoms with van der Waals surface area (Å²) in [6.07, 6.45) is 2.90. The van der Waals surface area contributed by atoms with Crippen molar-refractivity contribution in [2.24, 2.45) is 5.92 Å². The topological polar surface area (TPSA) is 35.2 Å². The number of aromatic nitrogens is 2. The van der Waals surface area contributed by atoms with E-state index in [1.807, 2.05) is 0 Å². The van der Waals surface area contributed by atoms with Gasteiger partial charge in [-0.05, 0) is 30.9 Å². The Morgan fingerprint density at radius 1 is 1.11 bits per heavy atom. The first kappa shape index (κ1) is 11.3. The van der Waals surface area contributed by atoms with E-state index in [1.165, 1.54) is 37.9 Å². The van der Waals surface area contributed by atoms with Crippen LogP contribution in [0.15, 0.2) is 24.3 Å². The summed E-state index contributed by atoms with van der Waals surface area (Å²) in [5.74, 6) is 2.12. The molecule has 4 rings (SSSR count). The van der Waals surface area contributed by atoms with Crippen LogP contribution in [0.1, 0.15) is 12.8 Å². The van der Waals surface area contributed by atoms with Crippen LogP contribution in [-0.2, 0) is 0 Å². The van der Waals surface area contributed by atoms with E-state index in [1.54, 1.807) is 0 Å². The highest BCUT2D eigenvalue weighted by Gasteiger charge is 2.27. The molecule has 0 bridgehead atoms. The summed E-state index contributed by atoms with van der Waals surface area (Å²) in [4.78, 5) is 5.03. The molecule has 0 spiro atoms. The number of hydrogen-bond donors (Lipinski definition) is 1. The predicted octanol–water partition coefficient (Wildman–Crippen LogP) is 2.09. The second kappa shape index (κ2) is 4.53. The first-order chi connectivity index (χ1) is 9.40. The normalized spacial score (nSPS) is 21.2. The van der Waals surface area contributed by atoms with Gasteiger partial charge in [0.1, 0.15) is 0 Å². The Labute approximate surface area is 113 Å². The fraction of sp³-hybridized carbons (Fsp3) is 0.533. The Bertz CT molecular complexity index is 564. The molecule has 4 nitrogen and oxygen atoms in total. The number of H-pyrrole nitrogens is 1. The number of rotatable bonds is 3. The van der Waals surface area contributed by atoms with Gasteiger partial charge in [-0.3, -0.25) is 10.00 Å². The van der Waals surface area contributed by atoms with Crippen molar-refractivity contribution in [3.63, 3.8) is 0 Å². The monoisotopic (exact) mass is 256 g/mol. The zero-order valence-corrected chi connectivity index (χ0v) is 11.2. The number of aromatic amines is 1. The number of fused-ring (bicyclic) bond motifs is 1. The molecule has 0 amide bonds. The molecule has 2 fully saturated rings. The highest BCUT2D eigenvalue weighted by Crippen LogP contribution is 2.30. The summed E-state index contributed by atoms with van der Waals surface area (Å²) in [7, 11) is 0. The molecular weight excluding hydrogens is 236 g/mol. The molecule has 1 saturated carbocycles. The fourth-order valence-corrected chi connectivity index (χ4v) is 3.00. The molecule has 0 unspecified atom stereocenters. The molecule has 2 aliphatic rings. The zero-order valence-electron chi connectivity index (χ0n) is 11.2. The Kier molecular flexibility index (Phi) is 2.69. The third-order valence-corrected chi connectivity index (χ3v) is 4.34. The van der Waals surface area contributed by atoms with Crippen LogP contribution < -0.4 is 4.90 Å². The van der Waals surface area contributed by atoms with Crippen LogP contribution in [0.25, 0.3) is 10.9 Å². The van der Waals surface area contributed by atoms with Crippen molar-refractivity contribution in [2.45, 2.75) is 12.8 Å². The Hall–Kier alpha value is -1.55. The summed E-state index contributed by atoms with van der Waals surface area (Å²) >= 11 is 0. The molecule has 1 aromatic heterocycles. The molecule has 0 atom stereocenters. The Morgan fingerprint density at radius 2 is 1.89 bits per heavy atom. The van der Waals surface area contributed by atoms with Crippen molar-refractivity contribution in [3.05, 3.63) is 24.3 Å². The van der Waals surface area contributed by atoms with Gasteiger partial charge in [-0.2, -0.15) is 5.10 Å². The fourth-order valence-electron chi connectivity index (χ4n) is 3.00. The zero-order chi connectivity index (χ0) is 12.7. The molecule has 2 heterocycles. The van der Waals surface area contributed by atoms with Crippen LogP contribution in [0, 0.1) is 5.92 Å². The van der Waals surface area contributed by atoms with Crippen molar-refractivity contribution < 1.29 is 0 Å². The molecule has 1 aliphatic carbocycles. The second-order valence-corrected chi connectivity index (χ2v) is 5.82.